The predicted molar refractivity (Wildman–Crippen MR) is 51.2 cm³/mol. The zero-order valence-corrected chi connectivity index (χ0v) is 6.99. The maximum Gasteiger partial charge on any atom is 0.110 e. The van der Waals surface area contributed by atoms with Crippen LogP contribution in [0.4, 0.5) is 0 Å². The van der Waals surface area contributed by atoms with Crippen molar-refractivity contribution < 1.29 is 0 Å². The molecule has 2 heteroatoms. The quantitative estimate of drug-likeness (QED) is 0.532. The summed E-state index contributed by atoms with van der Waals surface area (Å²) < 4.78 is 0. The molecule has 1 heterocycles. The third-order valence-electron chi connectivity index (χ3n) is 1.48. The van der Waals surface area contributed by atoms with E-state index in [-0.39, 0.29) is 0 Å². The standard InChI is InChI=1S/C10H10N2/c1-4-10(5-2)12-9(3)7-6-8-11-12/h1,5-8H,3H2,2H3/b10-5-. The molecular weight excluding hydrogens is 148 g/mol. The molecule has 1 aliphatic heterocycles. The Labute approximate surface area is 72.6 Å². The number of hydrogen-bond donors (Lipinski definition) is 0. The molecule has 0 spiro atoms. The van der Waals surface area contributed by atoms with E-state index < -0.39 is 0 Å². The molecule has 0 saturated heterocycles. The summed E-state index contributed by atoms with van der Waals surface area (Å²) in [5, 5.41) is 5.69. The highest BCUT2D eigenvalue weighted by molar-refractivity contribution is 5.73. The van der Waals surface area contributed by atoms with Gasteiger partial charge in [0.25, 0.3) is 0 Å². The second-order valence-corrected chi connectivity index (χ2v) is 2.25. The lowest BCUT2D eigenvalue weighted by atomic mass is 10.3. The Hall–Kier alpha value is -1.75. The van der Waals surface area contributed by atoms with Crippen LogP contribution >= 0.6 is 0 Å². The lowest BCUT2D eigenvalue weighted by Crippen LogP contribution is -2.15. The van der Waals surface area contributed by atoms with Crippen molar-refractivity contribution in [2.45, 2.75) is 6.92 Å². The molecule has 60 valence electrons. The van der Waals surface area contributed by atoms with Crippen molar-refractivity contribution in [2.24, 2.45) is 5.10 Å². The highest BCUT2D eigenvalue weighted by atomic mass is 15.5. The summed E-state index contributed by atoms with van der Waals surface area (Å²) in [6.07, 6.45) is 12.5. The fourth-order valence-corrected chi connectivity index (χ4v) is 0.888. The highest BCUT2D eigenvalue weighted by Crippen LogP contribution is 2.14. The smallest absolute Gasteiger partial charge is 0.110 e. The molecular formula is C10H10N2. The Bertz CT molecular complexity index is 313. The van der Waals surface area contributed by atoms with Gasteiger partial charge in [0.15, 0.2) is 0 Å². The number of allylic oxidation sites excluding steroid dienone is 4. The average molecular weight is 158 g/mol. The molecule has 0 radical (unpaired) electrons. The van der Waals surface area contributed by atoms with Crippen LogP contribution in [0.3, 0.4) is 0 Å². The van der Waals surface area contributed by atoms with Gasteiger partial charge >= 0.3 is 0 Å². The Morgan fingerprint density at radius 1 is 1.83 bits per heavy atom. The van der Waals surface area contributed by atoms with Crippen LogP contribution in [0.1, 0.15) is 6.92 Å². The van der Waals surface area contributed by atoms with Gasteiger partial charge in [-0.3, -0.25) is 0 Å². The molecule has 0 amide bonds. The summed E-state index contributed by atoms with van der Waals surface area (Å²) >= 11 is 0. The first-order valence-corrected chi connectivity index (χ1v) is 3.62. The Kier molecular flexibility index (Phi) is 2.49. The molecule has 0 saturated carbocycles. The van der Waals surface area contributed by atoms with Crippen LogP contribution in [0.5, 0.6) is 0 Å². The van der Waals surface area contributed by atoms with E-state index in [1.54, 1.807) is 11.2 Å². The number of nitrogens with zero attached hydrogens (tertiary/aromatic N) is 2. The highest BCUT2D eigenvalue weighted by Gasteiger charge is 2.07. The van der Waals surface area contributed by atoms with Gasteiger partial charge in [-0.25, -0.2) is 5.01 Å². The third kappa shape index (κ3) is 1.46. The molecule has 0 atom stereocenters. The topological polar surface area (TPSA) is 15.6 Å². The maximum absolute atomic E-state index is 5.28. The monoisotopic (exact) mass is 158 g/mol. The minimum Gasteiger partial charge on any atom is -0.226 e. The van der Waals surface area contributed by atoms with E-state index in [0.29, 0.717) is 5.70 Å². The molecule has 0 aromatic heterocycles. The zero-order valence-electron chi connectivity index (χ0n) is 6.99. The van der Waals surface area contributed by atoms with E-state index in [1.165, 1.54) is 0 Å². The average Bonchev–Trinajstić information content (AvgIpc) is 2.10. The van der Waals surface area contributed by atoms with Crippen molar-refractivity contribution in [2.75, 3.05) is 0 Å². The number of terminal acetylenes is 1. The molecule has 0 unspecified atom stereocenters. The maximum atomic E-state index is 5.28. The van der Waals surface area contributed by atoms with Crippen LogP contribution in [0.2, 0.25) is 0 Å². The minimum absolute atomic E-state index is 0.709. The summed E-state index contributed by atoms with van der Waals surface area (Å²) in [4.78, 5) is 0. The Morgan fingerprint density at radius 2 is 2.58 bits per heavy atom. The predicted octanol–water partition coefficient (Wildman–Crippen LogP) is 1.89. The van der Waals surface area contributed by atoms with Gasteiger partial charge in [-0.2, -0.15) is 5.10 Å². The van der Waals surface area contributed by atoms with Gasteiger partial charge in [-0.05, 0) is 19.1 Å². The molecule has 0 aromatic rings. The lowest BCUT2D eigenvalue weighted by Gasteiger charge is -2.20. The normalized spacial score (nSPS) is 16.5. The van der Waals surface area contributed by atoms with E-state index in [2.05, 4.69) is 17.6 Å². The van der Waals surface area contributed by atoms with E-state index in [0.717, 1.165) is 5.70 Å². The summed E-state index contributed by atoms with van der Waals surface area (Å²) in [6.45, 7) is 5.67. The van der Waals surface area contributed by atoms with Gasteiger partial charge in [-0.1, -0.05) is 18.6 Å². The molecule has 0 aliphatic carbocycles. The largest absolute Gasteiger partial charge is 0.226 e. The van der Waals surface area contributed by atoms with E-state index >= 15 is 0 Å². The molecule has 0 N–H and O–H groups in total. The Balaban J connectivity index is 2.91. The van der Waals surface area contributed by atoms with Crippen LogP contribution in [0, 0.1) is 12.3 Å². The third-order valence-corrected chi connectivity index (χ3v) is 1.48. The van der Waals surface area contributed by atoms with Crippen molar-refractivity contribution in [3.8, 4) is 12.3 Å². The number of hydrazone groups is 1. The zero-order chi connectivity index (χ0) is 8.97. The lowest BCUT2D eigenvalue weighted by molar-refractivity contribution is 0.489. The fraction of sp³-hybridized carbons (Fsp3) is 0.100. The summed E-state index contributed by atoms with van der Waals surface area (Å²) in [5.74, 6) is 2.53. The van der Waals surface area contributed by atoms with Gasteiger partial charge in [0, 0.05) is 6.21 Å². The summed E-state index contributed by atoms with van der Waals surface area (Å²) in [6, 6.07) is 0. The van der Waals surface area contributed by atoms with Crippen molar-refractivity contribution in [1.29, 1.82) is 0 Å². The first-order valence-electron chi connectivity index (χ1n) is 3.62. The van der Waals surface area contributed by atoms with Crippen molar-refractivity contribution in [3.05, 3.63) is 36.2 Å². The van der Waals surface area contributed by atoms with E-state index in [1.807, 2.05) is 25.2 Å². The minimum atomic E-state index is 0.709. The van der Waals surface area contributed by atoms with Crippen molar-refractivity contribution in [3.63, 3.8) is 0 Å². The molecule has 0 aromatic carbocycles. The first-order chi connectivity index (χ1) is 5.79. The van der Waals surface area contributed by atoms with Gasteiger partial charge in [0.05, 0.1) is 5.70 Å². The summed E-state index contributed by atoms with van der Waals surface area (Å²) in [7, 11) is 0. The molecule has 1 aliphatic rings. The van der Waals surface area contributed by atoms with Crippen LogP contribution in [-0.4, -0.2) is 11.2 Å². The SMILES string of the molecule is C#C/C(=C/C)N1N=CC=CC1=C. The molecule has 0 bridgehead atoms. The number of hydrogen-bond acceptors (Lipinski definition) is 2. The van der Waals surface area contributed by atoms with Crippen molar-refractivity contribution in [1.82, 2.24) is 5.01 Å². The van der Waals surface area contributed by atoms with Crippen LogP contribution in [0.15, 0.2) is 41.3 Å². The van der Waals surface area contributed by atoms with Crippen LogP contribution < -0.4 is 0 Å². The van der Waals surface area contributed by atoms with E-state index in [4.69, 9.17) is 6.42 Å². The van der Waals surface area contributed by atoms with Crippen LogP contribution in [-0.2, 0) is 0 Å². The molecule has 1 rings (SSSR count). The summed E-state index contributed by atoms with van der Waals surface area (Å²) in [5.41, 5.74) is 1.49. The van der Waals surface area contributed by atoms with Gasteiger partial charge in [0.2, 0.25) is 0 Å². The second-order valence-electron chi connectivity index (χ2n) is 2.25. The molecule has 12 heavy (non-hydrogen) atoms. The fourth-order valence-electron chi connectivity index (χ4n) is 0.888. The molecule has 2 nitrogen and oxygen atoms in total. The van der Waals surface area contributed by atoms with Gasteiger partial charge in [-0.15, -0.1) is 6.42 Å². The molecule has 0 fully saturated rings. The van der Waals surface area contributed by atoms with Gasteiger partial charge in [0.1, 0.15) is 5.70 Å². The Morgan fingerprint density at radius 3 is 3.08 bits per heavy atom. The number of rotatable bonds is 1. The van der Waals surface area contributed by atoms with Crippen molar-refractivity contribution >= 4 is 6.21 Å². The van der Waals surface area contributed by atoms with E-state index in [9.17, 15) is 0 Å². The van der Waals surface area contributed by atoms with Crippen LogP contribution in [0.25, 0.3) is 0 Å². The van der Waals surface area contributed by atoms with Gasteiger partial charge < -0.3 is 0 Å². The first kappa shape index (κ1) is 8.35. The second kappa shape index (κ2) is 3.59.